The summed E-state index contributed by atoms with van der Waals surface area (Å²) in [6.45, 7) is 3.36. The smallest absolute Gasteiger partial charge is 0.416 e. The second kappa shape index (κ2) is 9.21. The lowest BCUT2D eigenvalue weighted by molar-refractivity contribution is -0.138. The highest BCUT2D eigenvalue weighted by Gasteiger charge is 2.38. The third kappa shape index (κ3) is 4.58. The number of carbonyl (C=O) groups is 1. The van der Waals surface area contributed by atoms with Crippen LogP contribution in [0, 0.1) is 0 Å². The fourth-order valence-electron chi connectivity index (χ4n) is 4.30. The molecule has 1 atom stereocenters. The van der Waals surface area contributed by atoms with E-state index in [1.165, 1.54) is 6.07 Å². The van der Waals surface area contributed by atoms with Crippen LogP contribution in [-0.2, 0) is 21.0 Å². The molecule has 1 N–H and O–H groups in total. The van der Waals surface area contributed by atoms with Crippen molar-refractivity contribution in [1.29, 1.82) is 0 Å². The van der Waals surface area contributed by atoms with E-state index in [1.54, 1.807) is 41.1 Å². The van der Waals surface area contributed by atoms with Gasteiger partial charge < -0.3 is 9.84 Å². The Kier molecular flexibility index (Phi) is 6.14. The molecule has 196 valence electrons. The van der Waals surface area contributed by atoms with Crippen LogP contribution in [0.2, 0.25) is 0 Å². The van der Waals surface area contributed by atoms with Crippen molar-refractivity contribution >= 4 is 27.3 Å². The van der Waals surface area contributed by atoms with E-state index in [2.05, 4.69) is 11.6 Å². The zero-order valence-corrected chi connectivity index (χ0v) is 20.4. The van der Waals surface area contributed by atoms with Crippen LogP contribution in [0.3, 0.4) is 0 Å². The van der Waals surface area contributed by atoms with Crippen LogP contribution in [0.1, 0.15) is 12.0 Å². The fourth-order valence-corrected chi connectivity index (χ4v) is 5.82. The molecule has 0 spiro atoms. The van der Waals surface area contributed by atoms with Crippen LogP contribution in [0.4, 0.5) is 18.9 Å². The van der Waals surface area contributed by atoms with E-state index in [-0.39, 0.29) is 23.6 Å². The number of carboxylic acids is 1. The maximum absolute atomic E-state index is 13.8. The first-order valence-corrected chi connectivity index (χ1v) is 12.7. The zero-order chi connectivity index (χ0) is 27.2. The Bertz CT molecular complexity index is 1680. The first-order valence-electron chi connectivity index (χ1n) is 11.3. The quantitative estimate of drug-likeness (QED) is 0.343. The highest BCUT2D eigenvalue weighted by Crippen LogP contribution is 2.41. The first kappa shape index (κ1) is 25.3. The monoisotopic (exact) mass is 543 g/mol. The van der Waals surface area contributed by atoms with Gasteiger partial charge in [-0.3, -0.25) is 13.5 Å². The number of hydrogen-bond donors (Lipinski definition) is 1. The number of fused-ring (bicyclic) bond motifs is 2. The lowest BCUT2D eigenvalue weighted by atomic mass is 10.0. The molecule has 0 fully saturated rings. The third-order valence-corrected chi connectivity index (χ3v) is 7.91. The van der Waals surface area contributed by atoms with E-state index in [9.17, 15) is 31.5 Å². The summed E-state index contributed by atoms with van der Waals surface area (Å²) in [5, 5.41) is 9.19. The number of pyridine rings is 1. The summed E-state index contributed by atoms with van der Waals surface area (Å²) in [5.74, 6) is -1.06. The molecule has 3 heterocycles. The normalized spacial score (nSPS) is 15.7. The summed E-state index contributed by atoms with van der Waals surface area (Å²) < 4.78 is 76.3. The number of aliphatic carboxylic acids is 1. The van der Waals surface area contributed by atoms with Gasteiger partial charge in [-0.25, -0.2) is 13.4 Å². The number of hydrogen-bond acceptors (Lipinski definition) is 5. The van der Waals surface area contributed by atoms with Gasteiger partial charge in [0.2, 0.25) is 0 Å². The van der Waals surface area contributed by atoms with Crippen molar-refractivity contribution in [3.63, 3.8) is 0 Å². The lowest BCUT2D eigenvalue weighted by Crippen LogP contribution is -2.44. The molecule has 0 aliphatic carbocycles. The van der Waals surface area contributed by atoms with Gasteiger partial charge in [-0.1, -0.05) is 18.7 Å². The molecular formula is C26H20F3N3O5S. The van der Waals surface area contributed by atoms with Crippen LogP contribution in [0.15, 0.2) is 90.1 Å². The molecule has 0 bridgehead atoms. The minimum absolute atomic E-state index is 0.0939. The number of halogens is 3. The van der Waals surface area contributed by atoms with Gasteiger partial charge in [-0.2, -0.15) is 13.2 Å². The maximum Gasteiger partial charge on any atom is 0.416 e. The molecule has 2 aromatic carbocycles. The minimum atomic E-state index is -4.75. The molecule has 12 heteroatoms. The number of carboxylic acid groups (broad SMARTS) is 1. The van der Waals surface area contributed by atoms with Crippen LogP contribution in [0.25, 0.3) is 16.9 Å². The Hall–Kier alpha value is -4.32. The van der Waals surface area contributed by atoms with Crippen molar-refractivity contribution in [2.45, 2.75) is 23.6 Å². The van der Waals surface area contributed by atoms with Gasteiger partial charge in [-0.15, -0.1) is 0 Å². The SMILES string of the molecule is C=C(CC(=O)O)[C@H]1CN(S(=O)(=O)c2cccc(C(F)(F)F)c2)c2cc(-c3cccc4nccn34)ccc2O1. The Balaban J connectivity index is 1.65. The third-order valence-electron chi connectivity index (χ3n) is 6.14. The Morgan fingerprint density at radius 2 is 1.89 bits per heavy atom. The minimum Gasteiger partial charge on any atom is -0.482 e. The molecule has 0 radical (unpaired) electrons. The van der Waals surface area contributed by atoms with Crippen molar-refractivity contribution in [2.24, 2.45) is 0 Å². The number of alkyl halides is 3. The highest BCUT2D eigenvalue weighted by atomic mass is 32.2. The second-order valence-electron chi connectivity index (χ2n) is 8.65. The summed E-state index contributed by atoms with van der Waals surface area (Å²) in [6, 6.07) is 13.7. The Morgan fingerprint density at radius 3 is 2.63 bits per heavy atom. The molecule has 4 aromatic rings. The van der Waals surface area contributed by atoms with Gasteiger partial charge in [0.1, 0.15) is 17.5 Å². The van der Waals surface area contributed by atoms with Crippen LogP contribution < -0.4 is 9.04 Å². The number of benzene rings is 2. The van der Waals surface area contributed by atoms with Crippen LogP contribution in [0.5, 0.6) is 5.75 Å². The van der Waals surface area contributed by atoms with E-state index < -0.39 is 45.2 Å². The molecule has 1 aliphatic heterocycles. The number of ether oxygens (including phenoxy) is 1. The number of aromatic nitrogens is 2. The molecular weight excluding hydrogens is 523 g/mol. The largest absolute Gasteiger partial charge is 0.482 e. The molecule has 38 heavy (non-hydrogen) atoms. The standard InChI is InChI=1S/C26H20F3N3O5S/c1-16(12-25(33)34)23-15-32(38(35,36)19-5-2-4-18(14-19)26(27,28)29)21-13-17(8-9-22(21)37-23)20-6-3-7-24-30-10-11-31(20)24/h2-11,13-14,23H,1,12,15H2,(H,33,34)/t23-/m1/s1. The first-order chi connectivity index (χ1) is 17.9. The highest BCUT2D eigenvalue weighted by molar-refractivity contribution is 7.92. The summed E-state index contributed by atoms with van der Waals surface area (Å²) in [5.41, 5.74) is 1.05. The number of anilines is 1. The van der Waals surface area contributed by atoms with Crippen LogP contribution >= 0.6 is 0 Å². The van der Waals surface area contributed by atoms with Crippen molar-refractivity contribution in [3.05, 3.63) is 90.8 Å². The van der Waals surface area contributed by atoms with Gasteiger partial charge in [-0.05, 0) is 54.1 Å². The average molecular weight is 544 g/mol. The average Bonchev–Trinajstić information content (AvgIpc) is 3.36. The summed E-state index contributed by atoms with van der Waals surface area (Å²) >= 11 is 0. The molecule has 0 amide bonds. The topological polar surface area (TPSA) is 101 Å². The second-order valence-corrected chi connectivity index (χ2v) is 10.5. The fraction of sp³-hybridized carbons (Fsp3) is 0.154. The van der Waals surface area contributed by atoms with Crippen molar-refractivity contribution in [1.82, 2.24) is 9.38 Å². The molecule has 0 unspecified atom stereocenters. The number of imidazole rings is 1. The predicted molar refractivity (Wildman–Crippen MR) is 132 cm³/mol. The van der Waals surface area contributed by atoms with Gasteiger partial charge in [0.15, 0.2) is 0 Å². The van der Waals surface area contributed by atoms with Gasteiger partial charge in [0.25, 0.3) is 10.0 Å². The van der Waals surface area contributed by atoms with Gasteiger partial charge in [0, 0.05) is 18.0 Å². The summed E-state index contributed by atoms with van der Waals surface area (Å²) in [7, 11) is -4.54. The number of sulfonamides is 1. The van der Waals surface area contributed by atoms with Crippen molar-refractivity contribution < 1.29 is 36.2 Å². The zero-order valence-electron chi connectivity index (χ0n) is 19.6. The molecule has 2 aromatic heterocycles. The predicted octanol–water partition coefficient (Wildman–Crippen LogP) is 5.01. The Morgan fingerprint density at radius 1 is 1.13 bits per heavy atom. The number of rotatable bonds is 6. The lowest BCUT2D eigenvalue weighted by Gasteiger charge is -2.36. The van der Waals surface area contributed by atoms with E-state index >= 15 is 0 Å². The van der Waals surface area contributed by atoms with E-state index in [0.29, 0.717) is 23.0 Å². The van der Waals surface area contributed by atoms with Gasteiger partial charge in [0.05, 0.1) is 34.8 Å². The maximum atomic E-state index is 13.8. The van der Waals surface area contributed by atoms with Crippen molar-refractivity contribution in [2.75, 3.05) is 10.8 Å². The summed E-state index contributed by atoms with van der Waals surface area (Å²) in [6.07, 6.45) is -2.91. The van der Waals surface area contributed by atoms with E-state index in [0.717, 1.165) is 22.5 Å². The molecule has 0 saturated heterocycles. The van der Waals surface area contributed by atoms with E-state index in [4.69, 9.17) is 4.74 Å². The summed E-state index contributed by atoms with van der Waals surface area (Å²) in [4.78, 5) is 14.9. The molecule has 0 saturated carbocycles. The van der Waals surface area contributed by atoms with E-state index in [1.807, 2.05) is 6.07 Å². The Labute approximate surface area is 215 Å². The number of nitrogens with zero attached hydrogens (tertiary/aromatic N) is 3. The van der Waals surface area contributed by atoms with Gasteiger partial charge >= 0.3 is 12.1 Å². The molecule has 8 nitrogen and oxygen atoms in total. The van der Waals surface area contributed by atoms with Crippen LogP contribution in [-0.4, -0.2) is 41.5 Å². The van der Waals surface area contributed by atoms with Crippen molar-refractivity contribution in [3.8, 4) is 17.0 Å². The molecule has 5 rings (SSSR count). The molecule has 1 aliphatic rings.